The molecule has 3 amide bonds. The molecule has 2 aromatic rings. The summed E-state index contributed by atoms with van der Waals surface area (Å²) in [5, 5.41) is 17.1. The molecule has 33 heavy (non-hydrogen) atoms. The van der Waals surface area contributed by atoms with Gasteiger partial charge in [0.05, 0.1) is 26.3 Å². The van der Waals surface area contributed by atoms with Gasteiger partial charge in [-0.05, 0) is 38.5 Å². The van der Waals surface area contributed by atoms with Gasteiger partial charge in [-0.3, -0.25) is 9.59 Å². The molecular weight excluding hydrogens is 452 g/mol. The van der Waals surface area contributed by atoms with E-state index in [1.807, 2.05) is 0 Å². The van der Waals surface area contributed by atoms with Crippen LogP contribution in [0.5, 0.6) is 5.75 Å². The van der Waals surface area contributed by atoms with Crippen LogP contribution in [-0.2, 0) is 25.5 Å². The largest absolute Gasteiger partial charge is 0.508 e. The summed E-state index contributed by atoms with van der Waals surface area (Å²) in [6.45, 7) is 4.82. The van der Waals surface area contributed by atoms with E-state index in [2.05, 4.69) is 25.7 Å². The quantitative estimate of drug-likeness (QED) is 0.419. The maximum Gasteiger partial charge on any atom is 0.407 e. The van der Waals surface area contributed by atoms with E-state index in [1.54, 1.807) is 32.9 Å². The van der Waals surface area contributed by atoms with Crippen molar-refractivity contribution in [2.24, 2.45) is 0 Å². The monoisotopic (exact) mass is 478 g/mol. The van der Waals surface area contributed by atoms with Crippen LogP contribution in [0.25, 0.3) is 0 Å². The third kappa shape index (κ3) is 8.77. The van der Waals surface area contributed by atoms with Gasteiger partial charge in [-0.15, -0.1) is 0 Å². The number of anilines is 1. The van der Waals surface area contributed by atoms with Crippen LogP contribution in [0.1, 0.15) is 36.0 Å². The van der Waals surface area contributed by atoms with E-state index in [9.17, 15) is 24.3 Å². The highest BCUT2D eigenvalue weighted by Crippen LogP contribution is 2.19. The van der Waals surface area contributed by atoms with E-state index in [0.717, 1.165) is 18.4 Å². The zero-order valence-electron chi connectivity index (χ0n) is 18.6. The molecular formula is C21H26N4O7S. The summed E-state index contributed by atoms with van der Waals surface area (Å²) in [4.78, 5) is 52.7. The first kappa shape index (κ1) is 25.6. The summed E-state index contributed by atoms with van der Waals surface area (Å²) in [5.74, 6) is -1.73. The van der Waals surface area contributed by atoms with Crippen molar-refractivity contribution in [1.29, 1.82) is 0 Å². The first-order valence-corrected chi connectivity index (χ1v) is 10.7. The van der Waals surface area contributed by atoms with Gasteiger partial charge in [0.1, 0.15) is 22.3 Å². The van der Waals surface area contributed by atoms with Crippen LogP contribution >= 0.6 is 11.3 Å². The van der Waals surface area contributed by atoms with Crippen LogP contribution in [0.3, 0.4) is 0 Å². The highest BCUT2D eigenvalue weighted by molar-refractivity contribution is 7.17. The van der Waals surface area contributed by atoms with Crippen molar-refractivity contribution >= 4 is 40.3 Å². The molecule has 11 nitrogen and oxygen atoms in total. The Morgan fingerprint density at radius 3 is 2.58 bits per heavy atom. The number of nitrogens with one attached hydrogen (secondary N) is 3. The maximum absolute atomic E-state index is 12.5. The number of hydrogen-bond acceptors (Lipinski definition) is 9. The molecule has 0 radical (unpaired) electrons. The van der Waals surface area contributed by atoms with Crippen LogP contribution in [0, 0.1) is 0 Å². The highest BCUT2D eigenvalue weighted by atomic mass is 32.1. The number of alkyl carbamates (subject to hydrolysis) is 1. The second-order valence-corrected chi connectivity index (χ2v) is 8.89. The minimum atomic E-state index is -1.17. The van der Waals surface area contributed by atoms with Gasteiger partial charge in [0.25, 0.3) is 5.91 Å². The number of carbonyl (C=O) groups is 4. The molecule has 0 saturated carbocycles. The molecule has 1 atom stereocenters. The minimum absolute atomic E-state index is 0.0102. The minimum Gasteiger partial charge on any atom is -0.508 e. The molecule has 0 saturated heterocycles. The van der Waals surface area contributed by atoms with Gasteiger partial charge in [-0.25, -0.2) is 14.6 Å². The highest BCUT2D eigenvalue weighted by Gasteiger charge is 2.25. The second-order valence-electron chi connectivity index (χ2n) is 7.86. The fourth-order valence-electron chi connectivity index (χ4n) is 2.52. The van der Waals surface area contributed by atoms with Crippen LogP contribution in [0.2, 0.25) is 0 Å². The molecule has 0 bridgehead atoms. The standard InChI is InChI=1S/C21H26N4O7S/c1-21(2,3)32-20(30)23-10-14(18(29)31-4)24-17(28)15-11-22-19(33-15)25-16(27)9-12-6-5-7-13(26)8-12/h5-8,11,14,26H,9-10H2,1-4H3,(H,23,30)(H,24,28)(H,22,25,27). The molecule has 1 unspecified atom stereocenters. The van der Waals surface area contributed by atoms with E-state index >= 15 is 0 Å². The second kappa shape index (κ2) is 11.3. The van der Waals surface area contributed by atoms with E-state index < -0.39 is 29.6 Å². The molecule has 12 heteroatoms. The number of hydrogen-bond donors (Lipinski definition) is 4. The van der Waals surface area contributed by atoms with Crippen molar-refractivity contribution in [3.05, 3.63) is 40.9 Å². The molecule has 0 aliphatic carbocycles. The van der Waals surface area contributed by atoms with Gasteiger partial charge in [0.2, 0.25) is 5.91 Å². The molecule has 2 rings (SSSR count). The van der Waals surface area contributed by atoms with Gasteiger partial charge >= 0.3 is 12.1 Å². The smallest absolute Gasteiger partial charge is 0.407 e. The van der Waals surface area contributed by atoms with Crippen molar-refractivity contribution in [3.63, 3.8) is 0 Å². The van der Waals surface area contributed by atoms with E-state index in [4.69, 9.17) is 4.74 Å². The Hall–Kier alpha value is -3.67. The van der Waals surface area contributed by atoms with Crippen molar-refractivity contribution in [1.82, 2.24) is 15.6 Å². The number of carbonyl (C=O) groups excluding carboxylic acids is 4. The van der Waals surface area contributed by atoms with Crippen LogP contribution in [0.15, 0.2) is 30.5 Å². The molecule has 0 aliphatic heterocycles. The Balaban J connectivity index is 1.95. The number of rotatable bonds is 8. The van der Waals surface area contributed by atoms with Gasteiger partial charge < -0.3 is 30.5 Å². The summed E-state index contributed by atoms with van der Waals surface area (Å²) in [7, 11) is 1.15. The average molecular weight is 479 g/mol. The summed E-state index contributed by atoms with van der Waals surface area (Å²) in [6.07, 6.45) is 0.510. The van der Waals surface area contributed by atoms with E-state index in [0.29, 0.717) is 5.56 Å². The topological polar surface area (TPSA) is 156 Å². The summed E-state index contributed by atoms with van der Waals surface area (Å²) >= 11 is 0.908. The zero-order chi connectivity index (χ0) is 24.6. The summed E-state index contributed by atoms with van der Waals surface area (Å²) in [6, 6.07) is 5.12. The van der Waals surface area contributed by atoms with Gasteiger partial charge in [-0.1, -0.05) is 23.5 Å². The molecule has 0 spiro atoms. The van der Waals surface area contributed by atoms with Gasteiger partial charge in [-0.2, -0.15) is 0 Å². The number of phenols is 1. The Kier molecular flexibility index (Phi) is 8.74. The molecule has 4 N–H and O–H groups in total. The number of benzene rings is 1. The number of amides is 3. The number of nitrogens with zero attached hydrogens (tertiary/aromatic N) is 1. The predicted octanol–water partition coefficient (Wildman–Crippen LogP) is 1.83. The first-order valence-electron chi connectivity index (χ1n) is 9.86. The molecule has 1 heterocycles. The van der Waals surface area contributed by atoms with Crippen LogP contribution < -0.4 is 16.0 Å². The van der Waals surface area contributed by atoms with Crippen LogP contribution in [0.4, 0.5) is 9.93 Å². The number of thiazole rings is 1. The van der Waals surface area contributed by atoms with E-state index in [-0.39, 0.29) is 34.6 Å². The third-order valence-electron chi connectivity index (χ3n) is 3.89. The molecule has 1 aromatic carbocycles. The van der Waals surface area contributed by atoms with Gasteiger partial charge in [0, 0.05) is 0 Å². The fraction of sp³-hybridized carbons (Fsp3) is 0.381. The Bertz CT molecular complexity index is 1020. The first-order chi connectivity index (χ1) is 15.5. The summed E-state index contributed by atoms with van der Waals surface area (Å²) < 4.78 is 9.78. The Labute approximate surface area is 194 Å². The summed E-state index contributed by atoms with van der Waals surface area (Å²) in [5.41, 5.74) is -0.112. The zero-order valence-corrected chi connectivity index (χ0v) is 19.4. The number of esters is 1. The average Bonchev–Trinajstić information content (AvgIpc) is 3.17. The third-order valence-corrected chi connectivity index (χ3v) is 4.80. The number of ether oxygens (including phenoxy) is 2. The molecule has 178 valence electrons. The number of aromatic hydroxyl groups is 1. The normalized spacial score (nSPS) is 11.8. The lowest BCUT2D eigenvalue weighted by atomic mass is 10.1. The lowest BCUT2D eigenvalue weighted by Gasteiger charge is -2.21. The van der Waals surface area contributed by atoms with Crippen molar-refractivity contribution < 1.29 is 33.8 Å². The molecule has 1 aromatic heterocycles. The van der Waals surface area contributed by atoms with Crippen molar-refractivity contribution in [3.8, 4) is 5.75 Å². The van der Waals surface area contributed by atoms with Crippen molar-refractivity contribution in [2.45, 2.75) is 38.8 Å². The van der Waals surface area contributed by atoms with Crippen molar-refractivity contribution in [2.75, 3.05) is 19.0 Å². The van der Waals surface area contributed by atoms with E-state index in [1.165, 1.54) is 18.3 Å². The lowest BCUT2D eigenvalue weighted by Crippen LogP contribution is -2.49. The Morgan fingerprint density at radius 2 is 1.94 bits per heavy atom. The number of aromatic nitrogens is 1. The SMILES string of the molecule is COC(=O)C(CNC(=O)OC(C)(C)C)NC(=O)c1cnc(NC(=O)Cc2cccc(O)c2)s1. The predicted molar refractivity (Wildman–Crippen MR) is 120 cm³/mol. The fourth-order valence-corrected chi connectivity index (χ4v) is 3.25. The number of methoxy groups -OCH3 is 1. The van der Waals surface area contributed by atoms with Crippen LogP contribution in [-0.4, -0.2) is 59.3 Å². The number of phenolic OH excluding ortho intramolecular Hbond substituents is 1. The molecule has 0 aliphatic rings. The lowest BCUT2D eigenvalue weighted by molar-refractivity contribution is -0.142. The van der Waals surface area contributed by atoms with Gasteiger partial charge in [0.15, 0.2) is 5.13 Å². The molecule has 0 fully saturated rings. The maximum atomic E-state index is 12.5. The Morgan fingerprint density at radius 1 is 1.21 bits per heavy atom.